The van der Waals surface area contributed by atoms with Gasteiger partial charge in [0.05, 0.1) is 12.6 Å². The quantitative estimate of drug-likeness (QED) is 0.672. The molecular weight excluding hydrogens is 180 g/mol. The van der Waals surface area contributed by atoms with Crippen LogP contribution in [0.1, 0.15) is 5.69 Å². The predicted molar refractivity (Wildman–Crippen MR) is 54.4 cm³/mol. The Bertz CT molecular complexity index is 462. The van der Waals surface area contributed by atoms with Crippen molar-refractivity contribution < 1.29 is 9.84 Å². The highest BCUT2D eigenvalue weighted by molar-refractivity contribution is 5.91. The number of hydrogen-bond donors (Lipinski definition) is 3. The molecule has 2 rings (SSSR count). The van der Waals surface area contributed by atoms with Crippen LogP contribution in [0.15, 0.2) is 18.2 Å². The molecule has 0 fully saturated rings. The summed E-state index contributed by atoms with van der Waals surface area (Å²) in [5, 5.41) is 10.3. The third kappa shape index (κ3) is 1.20. The van der Waals surface area contributed by atoms with Crippen LogP contribution >= 0.6 is 0 Å². The fraction of sp³-hybridized carbons (Fsp3) is 0.200. The van der Waals surface area contributed by atoms with Gasteiger partial charge >= 0.3 is 0 Å². The summed E-state index contributed by atoms with van der Waals surface area (Å²) in [4.78, 5) is 3.10. The Morgan fingerprint density at radius 2 is 2.29 bits per heavy atom. The van der Waals surface area contributed by atoms with E-state index in [0.717, 1.165) is 16.6 Å². The number of aromatic amines is 1. The smallest absolute Gasteiger partial charge is 0.143 e. The SMILES string of the molecule is COc1ccc(O)c2cc(CN)[nH]c12. The number of nitrogens with two attached hydrogens (primary N) is 1. The van der Waals surface area contributed by atoms with E-state index in [0.29, 0.717) is 12.3 Å². The molecule has 74 valence electrons. The summed E-state index contributed by atoms with van der Waals surface area (Å²) >= 11 is 0. The first-order valence-electron chi connectivity index (χ1n) is 4.34. The Kier molecular flexibility index (Phi) is 2.05. The van der Waals surface area contributed by atoms with Gasteiger partial charge in [0.2, 0.25) is 0 Å². The lowest BCUT2D eigenvalue weighted by molar-refractivity contribution is 0.417. The van der Waals surface area contributed by atoms with E-state index in [9.17, 15) is 5.11 Å². The molecule has 1 aromatic heterocycles. The number of nitrogens with one attached hydrogen (secondary N) is 1. The number of phenols is 1. The number of fused-ring (bicyclic) bond motifs is 1. The van der Waals surface area contributed by atoms with Crippen molar-refractivity contribution in [1.29, 1.82) is 0 Å². The number of aromatic nitrogens is 1. The van der Waals surface area contributed by atoms with E-state index in [1.54, 1.807) is 19.2 Å². The minimum atomic E-state index is 0.233. The summed E-state index contributed by atoms with van der Waals surface area (Å²) in [6, 6.07) is 5.15. The number of H-pyrrole nitrogens is 1. The molecule has 0 radical (unpaired) electrons. The highest BCUT2D eigenvalue weighted by Gasteiger charge is 2.08. The van der Waals surface area contributed by atoms with Gasteiger partial charge in [-0.3, -0.25) is 0 Å². The Balaban J connectivity index is 2.74. The average molecular weight is 192 g/mol. The second-order valence-electron chi connectivity index (χ2n) is 3.07. The second kappa shape index (κ2) is 3.23. The van der Waals surface area contributed by atoms with E-state index < -0.39 is 0 Å². The summed E-state index contributed by atoms with van der Waals surface area (Å²) in [5.41, 5.74) is 7.16. The Morgan fingerprint density at radius 3 is 2.93 bits per heavy atom. The Hall–Kier alpha value is -1.68. The maximum Gasteiger partial charge on any atom is 0.143 e. The number of phenolic OH excluding ortho intramolecular Hbond substituents is 1. The van der Waals surface area contributed by atoms with Crippen molar-refractivity contribution in [1.82, 2.24) is 4.98 Å². The molecule has 0 amide bonds. The molecule has 0 saturated carbocycles. The lowest BCUT2D eigenvalue weighted by Gasteiger charge is -2.01. The topological polar surface area (TPSA) is 71.3 Å². The first-order chi connectivity index (χ1) is 6.76. The predicted octanol–water partition coefficient (Wildman–Crippen LogP) is 1.34. The maximum absolute atomic E-state index is 9.58. The van der Waals surface area contributed by atoms with E-state index in [1.807, 2.05) is 6.07 Å². The summed E-state index contributed by atoms with van der Waals surface area (Å²) in [6.07, 6.45) is 0. The van der Waals surface area contributed by atoms with Crippen molar-refractivity contribution in [2.75, 3.05) is 7.11 Å². The zero-order chi connectivity index (χ0) is 10.1. The number of benzene rings is 1. The van der Waals surface area contributed by atoms with Gasteiger partial charge in [-0.2, -0.15) is 0 Å². The van der Waals surface area contributed by atoms with Crippen LogP contribution in [-0.4, -0.2) is 17.2 Å². The molecule has 0 saturated heterocycles. The van der Waals surface area contributed by atoms with Crippen LogP contribution in [0.3, 0.4) is 0 Å². The highest BCUT2D eigenvalue weighted by Crippen LogP contribution is 2.32. The Labute approximate surface area is 81.3 Å². The van der Waals surface area contributed by atoms with Crippen molar-refractivity contribution in [3.8, 4) is 11.5 Å². The van der Waals surface area contributed by atoms with Gasteiger partial charge in [0.15, 0.2) is 0 Å². The number of ether oxygens (including phenoxy) is 1. The second-order valence-corrected chi connectivity index (χ2v) is 3.07. The van der Waals surface area contributed by atoms with Crippen LogP contribution in [0, 0.1) is 0 Å². The van der Waals surface area contributed by atoms with Crippen molar-refractivity contribution in [3.05, 3.63) is 23.9 Å². The van der Waals surface area contributed by atoms with Crippen LogP contribution in [0.25, 0.3) is 10.9 Å². The molecule has 0 unspecified atom stereocenters. The molecule has 1 heterocycles. The maximum atomic E-state index is 9.58. The molecule has 4 heteroatoms. The van der Waals surface area contributed by atoms with Gasteiger partial charge in [-0.25, -0.2) is 0 Å². The van der Waals surface area contributed by atoms with Crippen molar-refractivity contribution in [2.24, 2.45) is 5.73 Å². The first-order valence-corrected chi connectivity index (χ1v) is 4.34. The average Bonchev–Trinajstić information content (AvgIpc) is 2.63. The molecule has 0 aliphatic rings. The van der Waals surface area contributed by atoms with Crippen LogP contribution in [-0.2, 0) is 6.54 Å². The molecule has 0 atom stereocenters. The molecule has 0 spiro atoms. The number of methoxy groups -OCH3 is 1. The third-order valence-electron chi connectivity index (χ3n) is 2.23. The first kappa shape index (κ1) is 8.90. The fourth-order valence-electron chi connectivity index (χ4n) is 1.51. The number of hydrogen-bond acceptors (Lipinski definition) is 3. The minimum Gasteiger partial charge on any atom is -0.507 e. The summed E-state index contributed by atoms with van der Waals surface area (Å²) < 4.78 is 5.16. The number of rotatable bonds is 2. The zero-order valence-electron chi connectivity index (χ0n) is 7.87. The third-order valence-corrected chi connectivity index (χ3v) is 2.23. The zero-order valence-corrected chi connectivity index (χ0v) is 7.87. The van der Waals surface area contributed by atoms with Gasteiger partial charge in [0, 0.05) is 17.6 Å². The molecule has 4 N–H and O–H groups in total. The van der Waals surface area contributed by atoms with Gasteiger partial charge in [0.1, 0.15) is 11.5 Å². The normalized spacial score (nSPS) is 10.7. The molecule has 14 heavy (non-hydrogen) atoms. The Morgan fingerprint density at radius 1 is 1.50 bits per heavy atom. The van der Waals surface area contributed by atoms with Crippen LogP contribution in [0.2, 0.25) is 0 Å². The lowest BCUT2D eigenvalue weighted by Crippen LogP contribution is -1.95. The molecule has 4 nitrogen and oxygen atoms in total. The largest absolute Gasteiger partial charge is 0.507 e. The summed E-state index contributed by atoms with van der Waals surface area (Å²) in [6.45, 7) is 0.414. The molecular formula is C10H12N2O2. The summed E-state index contributed by atoms with van der Waals surface area (Å²) in [5.74, 6) is 0.939. The van der Waals surface area contributed by atoms with E-state index in [-0.39, 0.29) is 5.75 Å². The lowest BCUT2D eigenvalue weighted by atomic mass is 10.2. The van der Waals surface area contributed by atoms with Gasteiger partial charge in [-0.15, -0.1) is 0 Å². The van der Waals surface area contributed by atoms with Crippen LogP contribution in [0.5, 0.6) is 11.5 Å². The monoisotopic (exact) mass is 192 g/mol. The van der Waals surface area contributed by atoms with Crippen LogP contribution in [0.4, 0.5) is 0 Å². The van der Waals surface area contributed by atoms with Crippen LogP contribution < -0.4 is 10.5 Å². The molecule has 0 aliphatic carbocycles. The van der Waals surface area contributed by atoms with Gasteiger partial charge in [-0.05, 0) is 18.2 Å². The van der Waals surface area contributed by atoms with E-state index >= 15 is 0 Å². The minimum absolute atomic E-state index is 0.233. The molecule has 2 aromatic rings. The molecule has 0 bridgehead atoms. The summed E-state index contributed by atoms with van der Waals surface area (Å²) in [7, 11) is 1.59. The molecule has 0 aliphatic heterocycles. The van der Waals surface area contributed by atoms with E-state index in [2.05, 4.69) is 4.98 Å². The van der Waals surface area contributed by atoms with Crippen molar-refractivity contribution >= 4 is 10.9 Å². The molecule has 1 aromatic carbocycles. The van der Waals surface area contributed by atoms with E-state index in [4.69, 9.17) is 10.5 Å². The van der Waals surface area contributed by atoms with Crippen molar-refractivity contribution in [3.63, 3.8) is 0 Å². The van der Waals surface area contributed by atoms with Crippen molar-refractivity contribution in [2.45, 2.75) is 6.54 Å². The fourth-order valence-corrected chi connectivity index (χ4v) is 1.51. The highest BCUT2D eigenvalue weighted by atomic mass is 16.5. The standard InChI is InChI=1S/C10H12N2O2/c1-14-9-3-2-8(13)7-4-6(5-11)12-10(7)9/h2-4,12-13H,5,11H2,1H3. The van der Waals surface area contributed by atoms with Gasteiger partial charge in [0.25, 0.3) is 0 Å². The number of aromatic hydroxyl groups is 1. The van der Waals surface area contributed by atoms with Gasteiger partial charge < -0.3 is 20.6 Å². The van der Waals surface area contributed by atoms with E-state index in [1.165, 1.54) is 0 Å². The van der Waals surface area contributed by atoms with Gasteiger partial charge in [-0.1, -0.05) is 0 Å².